The van der Waals surface area contributed by atoms with E-state index in [4.69, 9.17) is 0 Å². The van der Waals surface area contributed by atoms with E-state index in [1.54, 1.807) is 0 Å². The van der Waals surface area contributed by atoms with E-state index in [2.05, 4.69) is 26.2 Å². The van der Waals surface area contributed by atoms with Gasteiger partial charge in [0.15, 0.2) is 5.82 Å². The molecule has 0 atom stereocenters. The molecule has 0 fully saturated rings. The van der Waals surface area contributed by atoms with Gasteiger partial charge in [0.05, 0.1) is 11.3 Å². The van der Waals surface area contributed by atoms with Crippen LogP contribution >= 0.6 is 15.9 Å². The quantitative estimate of drug-likeness (QED) is 0.890. The van der Waals surface area contributed by atoms with Crippen LogP contribution in [0.1, 0.15) is 10.4 Å². The van der Waals surface area contributed by atoms with Gasteiger partial charge in [-0.05, 0) is 28.1 Å². The highest BCUT2D eigenvalue weighted by Gasteiger charge is 2.14. The number of nitrogens with one attached hydrogen (secondary N) is 2. The van der Waals surface area contributed by atoms with Crippen molar-refractivity contribution in [2.75, 3.05) is 5.32 Å². The predicted octanol–water partition coefficient (Wildman–Crippen LogP) is 2.67. The van der Waals surface area contributed by atoms with E-state index >= 15 is 0 Å². The number of rotatable bonds is 2. The third-order valence-electron chi connectivity index (χ3n) is 2.29. The van der Waals surface area contributed by atoms with E-state index in [0.717, 1.165) is 6.07 Å². The van der Waals surface area contributed by atoms with Crippen LogP contribution in [0.5, 0.6) is 0 Å². The highest BCUT2D eigenvalue weighted by molar-refractivity contribution is 9.10. The first-order valence-corrected chi connectivity index (χ1v) is 5.91. The molecule has 1 amide bonds. The fourth-order valence-corrected chi connectivity index (χ4v) is 1.91. The predicted molar refractivity (Wildman–Crippen MR) is 69.1 cm³/mol. The van der Waals surface area contributed by atoms with Gasteiger partial charge >= 0.3 is 0 Å². The summed E-state index contributed by atoms with van der Waals surface area (Å²) < 4.78 is 26.5. The zero-order valence-electron chi connectivity index (χ0n) is 9.34. The molecule has 0 saturated heterocycles. The van der Waals surface area contributed by atoms with Crippen LogP contribution in [0.4, 0.5) is 14.5 Å². The second-order valence-electron chi connectivity index (χ2n) is 3.64. The molecule has 0 spiro atoms. The number of carbonyl (C=O) groups excluding carboxylic acids is 1. The standard InChI is InChI=1S/C12H7BrF2N2O2/c13-8-3-7(14)4-9(15)11(8)17-12(19)6-1-2-10(18)16-5-6/h1-5H,(H,16,18)(H,17,19). The maximum absolute atomic E-state index is 13.5. The lowest BCUT2D eigenvalue weighted by Gasteiger charge is -2.08. The fourth-order valence-electron chi connectivity index (χ4n) is 1.40. The molecule has 19 heavy (non-hydrogen) atoms. The van der Waals surface area contributed by atoms with Gasteiger partial charge in [-0.2, -0.15) is 0 Å². The largest absolute Gasteiger partial charge is 0.328 e. The zero-order valence-corrected chi connectivity index (χ0v) is 10.9. The van der Waals surface area contributed by atoms with Gasteiger partial charge in [0.1, 0.15) is 5.82 Å². The van der Waals surface area contributed by atoms with Gasteiger partial charge in [0.2, 0.25) is 5.56 Å². The van der Waals surface area contributed by atoms with Gasteiger partial charge in [-0.1, -0.05) is 0 Å². The van der Waals surface area contributed by atoms with E-state index in [1.165, 1.54) is 18.3 Å². The van der Waals surface area contributed by atoms with E-state index in [9.17, 15) is 18.4 Å². The molecule has 2 N–H and O–H groups in total. The van der Waals surface area contributed by atoms with Crippen LogP contribution in [0.3, 0.4) is 0 Å². The normalized spacial score (nSPS) is 10.3. The number of pyridine rings is 1. The number of carbonyl (C=O) groups is 1. The Morgan fingerprint density at radius 2 is 2.00 bits per heavy atom. The molecule has 2 aromatic rings. The zero-order chi connectivity index (χ0) is 14.0. The van der Waals surface area contributed by atoms with Crippen molar-refractivity contribution >= 4 is 27.5 Å². The lowest BCUT2D eigenvalue weighted by atomic mass is 10.2. The third-order valence-corrected chi connectivity index (χ3v) is 2.92. The summed E-state index contributed by atoms with van der Waals surface area (Å²) in [6, 6.07) is 4.16. The number of amides is 1. The average molecular weight is 329 g/mol. The molecule has 0 unspecified atom stereocenters. The number of anilines is 1. The van der Waals surface area contributed by atoms with Crippen molar-refractivity contribution in [3.05, 3.63) is 62.5 Å². The van der Waals surface area contributed by atoms with Gasteiger partial charge in [0.25, 0.3) is 5.91 Å². The molecule has 0 aliphatic heterocycles. The lowest BCUT2D eigenvalue weighted by molar-refractivity contribution is 0.102. The van der Waals surface area contributed by atoms with Crippen molar-refractivity contribution in [3.63, 3.8) is 0 Å². The van der Waals surface area contributed by atoms with Crippen LogP contribution in [-0.2, 0) is 0 Å². The summed E-state index contributed by atoms with van der Waals surface area (Å²) in [4.78, 5) is 25.0. The Morgan fingerprint density at radius 3 is 2.58 bits per heavy atom. The van der Waals surface area contributed by atoms with E-state index in [1.807, 2.05) is 0 Å². The molecule has 4 nitrogen and oxygen atoms in total. The van der Waals surface area contributed by atoms with Crippen molar-refractivity contribution in [3.8, 4) is 0 Å². The number of aromatic amines is 1. The van der Waals surface area contributed by atoms with Gasteiger partial charge in [-0.15, -0.1) is 0 Å². The Labute approximate surface area is 114 Å². The van der Waals surface area contributed by atoms with Crippen molar-refractivity contribution in [2.24, 2.45) is 0 Å². The van der Waals surface area contributed by atoms with Gasteiger partial charge in [-0.3, -0.25) is 9.59 Å². The van der Waals surface area contributed by atoms with Gasteiger partial charge in [0, 0.05) is 22.8 Å². The SMILES string of the molecule is O=C(Nc1c(F)cc(F)cc1Br)c1ccc(=O)[nH]c1. The number of halogens is 3. The molecule has 1 heterocycles. The molecule has 0 radical (unpaired) electrons. The average Bonchev–Trinajstić information content (AvgIpc) is 2.34. The minimum absolute atomic E-state index is 0.0859. The maximum atomic E-state index is 13.5. The molecule has 0 saturated carbocycles. The van der Waals surface area contributed by atoms with Crippen molar-refractivity contribution < 1.29 is 13.6 Å². The molecule has 7 heteroatoms. The molecule has 98 valence electrons. The minimum atomic E-state index is -0.898. The second-order valence-corrected chi connectivity index (χ2v) is 4.49. The number of aromatic nitrogens is 1. The third kappa shape index (κ3) is 3.05. The van der Waals surface area contributed by atoms with E-state index < -0.39 is 17.5 Å². The lowest BCUT2D eigenvalue weighted by Crippen LogP contribution is -2.15. The molecular weight excluding hydrogens is 322 g/mol. The molecule has 0 aliphatic carbocycles. The van der Waals surface area contributed by atoms with E-state index in [0.29, 0.717) is 6.07 Å². The summed E-state index contributed by atoms with van der Waals surface area (Å²) >= 11 is 2.96. The fraction of sp³-hybridized carbons (Fsp3) is 0. The number of benzene rings is 1. The van der Waals surface area contributed by atoms with Crippen LogP contribution in [0, 0.1) is 11.6 Å². The molecule has 1 aromatic carbocycles. The molecular formula is C12H7BrF2N2O2. The van der Waals surface area contributed by atoms with Crippen LogP contribution < -0.4 is 10.9 Å². The summed E-state index contributed by atoms with van der Waals surface area (Å²) in [5.74, 6) is -2.28. The maximum Gasteiger partial charge on any atom is 0.257 e. The Bertz CT molecular complexity index is 657. The van der Waals surface area contributed by atoms with Gasteiger partial charge in [-0.25, -0.2) is 8.78 Å². The Balaban J connectivity index is 2.29. The molecule has 0 bridgehead atoms. The molecule has 1 aromatic heterocycles. The van der Waals surface area contributed by atoms with Crippen LogP contribution in [-0.4, -0.2) is 10.9 Å². The summed E-state index contributed by atoms with van der Waals surface area (Å²) in [6.45, 7) is 0. The number of hydrogen-bond donors (Lipinski definition) is 2. The minimum Gasteiger partial charge on any atom is -0.328 e. The van der Waals surface area contributed by atoms with Gasteiger partial charge < -0.3 is 10.3 Å². The topological polar surface area (TPSA) is 62.0 Å². The summed E-state index contributed by atoms with van der Waals surface area (Å²) in [5, 5.41) is 2.29. The highest BCUT2D eigenvalue weighted by atomic mass is 79.9. The first kappa shape index (κ1) is 13.4. The Kier molecular flexibility index (Phi) is 3.75. The Hall–Kier alpha value is -2.02. The van der Waals surface area contributed by atoms with Crippen molar-refractivity contribution in [1.82, 2.24) is 4.98 Å². The molecule has 0 aliphatic rings. The monoisotopic (exact) mass is 328 g/mol. The number of H-pyrrole nitrogens is 1. The van der Waals surface area contributed by atoms with Crippen LogP contribution in [0.15, 0.2) is 39.7 Å². The Morgan fingerprint density at radius 1 is 1.26 bits per heavy atom. The first-order valence-electron chi connectivity index (χ1n) is 5.12. The smallest absolute Gasteiger partial charge is 0.257 e. The summed E-state index contributed by atoms with van der Waals surface area (Å²) in [7, 11) is 0. The highest BCUT2D eigenvalue weighted by Crippen LogP contribution is 2.27. The van der Waals surface area contributed by atoms with E-state index in [-0.39, 0.29) is 21.3 Å². The number of hydrogen-bond acceptors (Lipinski definition) is 2. The van der Waals surface area contributed by atoms with Crippen molar-refractivity contribution in [1.29, 1.82) is 0 Å². The van der Waals surface area contributed by atoms with Crippen LogP contribution in [0.2, 0.25) is 0 Å². The molecule has 2 rings (SSSR count). The first-order chi connectivity index (χ1) is 8.97. The van der Waals surface area contributed by atoms with Crippen LogP contribution in [0.25, 0.3) is 0 Å². The summed E-state index contributed by atoms with van der Waals surface area (Å²) in [5.41, 5.74) is -0.376. The summed E-state index contributed by atoms with van der Waals surface area (Å²) in [6.07, 6.45) is 1.20. The second kappa shape index (κ2) is 5.31. The van der Waals surface area contributed by atoms with Crippen molar-refractivity contribution in [2.45, 2.75) is 0 Å².